The van der Waals surface area contributed by atoms with Gasteiger partial charge in [0.05, 0.1) is 12.8 Å². The van der Waals surface area contributed by atoms with Gasteiger partial charge in [-0.1, -0.05) is 6.07 Å². The Morgan fingerprint density at radius 3 is 2.82 bits per heavy atom. The number of hydrogen-bond acceptors (Lipinski definition) is 5. The number of hydrogen-bond donors (Lipinski definition) is 1. The number of rotatable bonds is 5. The smallest absolute Gasteiger partial charge is 0.212 e. The maximum absolute atomic E-state index is 4.99. The van der Waals surface area contributed by atoms with E-state index in [1.165, 1.54) is 0 Å². The van der Waals surface area contributed by atoms with E-state index in [0.717, 1.165) is 17.8 Å². The number of aromatic nitrogens is 3. The SMILES string of the molecule is COc1ccc(CNCc2cccnn2)cn1. The van der Waals surface area contributed by atoms with E-state index < -0.39 is 0 Å². The monoisotopic (exact) mass is 230 g/mol. The van der Waals surface area contributed by atoms with Gasteiger partial charge in [0.1, 0.15) is 0 Å². The first-order valence-corrected chi connectivity index (χ1v) is 5.34. The summed E-state index contributed by atoms with van der Waals surface area (Å²) in [6.07, 6.45) is 3.46. The van der Waals surface area contributed by atoms with E-state index in [1.807, 2.05) is 24.3 Å². The third-order valence-corrected chi connectivity index (χ3v) is 2.27. The van der Waals surface area contributed by atoms with Crippen molar-refractivity contribution < 1.29 is 4.74 Å². The van der Waals surface area contributed by atoms with E-state index in [0.29, 0.717) is 12.4 Å². The van der Waals surface area contributed by atoms with Crippen LogP contribution in [-0.2, 0) is 13.1 Å². The molecular formula is C12H14N4O. The van der Waals surface area contributed by atoms with Gasteiger partial charge in [-0.3, -0.25) is 0 Å². The maximum atomic E-state index is 4.99. The zero-order valence-electron chi connectivity index (χ0n) is 9.63. The molecule has 0 spiro atoms. The molecule has 0 aromatic carbocycles. The fourth-order valence-electron chi connectivity index (χ4n) is 1.40. The Morgan fingerprint density at radius 2 is 2.18 bits per heavy atom. The molecule has 5 nitrogen and oxygen atoms in total. The predicted molar refractivity (Wildman–Crippen MR) is 63.4 cm³/mol. The number of nitrogens with one attached hydrogen (secondary N) is 1. The van der Waals surface area contributed by atoms with Crippen molar-refractivity contribution in [3.05, 3.63) is 47.9 Å². The second-order valence-corrected chi connectivity index (χ2v) is 3.53. The van der Waals surface area contributed by atoms with Crippen LogP contribution in [-0.4, -0.2) is 22.3 Å². The van der Waals surface area contributed by atoms with Crippen LogP contribution in [0.4, 0.5) is 0 Å². The minimum atomic E-state index is 0.627. The van der Waals surface area contributed by atoms with Crippen LogP contribution in [0.25, 0.3) is 0 Å². The summed E-state index contributed by atoms with van der Waals surface area (Å²) in [4.78, 5) is 4.13. The Bertz CT molecular complexity index is 444. The molecule has 0 fully saturated rings. The summed E-state index contributed by atoms with van der Waals surface area (Å²) in [5, 5.41) is 11.1. The van der Waals surface area contributed by atoms with Gasteiger partial charge in [0.15, 0.2) is 0 Å². The van der Waals surface area contributed by atoms with Crippen molar-refractivity contribution in [3.63, 3.8) is 0 Å². The van der Waals surface area contributed by atoms with Crippen molar-refractivity contribution in [3.8, 4) is 5.88 Å². The molecular weight excluding hydrogens is 216 g/mol. The van der Waals surface area contributed by atoms with E-state index in [-0.39, 0.29) is 0 Å². The molecule has 1 N–H and O–H groups in total. The van der Waals surface area contributed by atoms with Crippen molar-refractivity contribution in [1.29, 1.82) is 0 Å². The van der Waals surface area contributed by atoms with Crippen LogP contribution in [0.2, 0.25) is 0 Å². The van der Waals surface area contributed by atoms with Crippen LogP contribution >= 0.6 is 0 Å². The highest BCUT2D eigenvalue weighted by Crippen LogP contribution is 2.06. The van der Waals surface area contributed by atoms with Gasteiger partial charge in [-0.15, -0.1) is 0 Å². The zero-order valence-corrected chi connectivity index (χ0v) is 9.63. The first-order chi connectivity index (χ1) is 8.38. The topological polar surface area (TPSA) is 59.9 Å². The second kappa shape index (κ2) is 5.91. The van der Waals surface area contributed by atoms with Crippen LogP contribution < -0.4 is 10.1 Å². The summed E-state index contributed by atoms with van der Waals surface area (Å²) in [7, 11) is 1.61. The molecule has 0 atom stereocenters. The Hall–Kier alpha value is -2.01. The molecule has 17 heavy (non-hydrogen) atoms. The minimum Gasteiger partial charge on any atom is -0.481 e. The highest BCUT2D eigenvalue weighted by molar-refractivity contribution is 5.17. The minimum absolute atomic E-state index is 0.627. The van der Waals surface area contributed by atoms with Crippen molar-refractivity contribution >= 4 is 0 Å². The molecule has 2 rings (SSSR count). The highest BCUT2D eigenvalue weighted by Gasteiger charge is 1.97. The van der Waals surface area contributed by atoms with Crippen molar-refractivity contribution in [2.75, 3.05) is 7.11 Å². The summed E-state index contributed by atoms with van der Waals surface area (Å²) >= 11 is 0. The van der Waals surface area contributed by atoms with Crippen LogP contribution in [0, 0.1) is 0 Å². The van der Waals surface area contributed by atoms with E-state index in [4.69, 9.17) is 4.74 Å². The van der Waals surface area contributed by atoms with Crippen molar-refractivity contribution in [1.82, 2.24) is 20.5 Å². The van der Waals surface area contributed by atoms with Gasteiger partial charge in [-0.2, -0.15) is 10.2 Å². The molecule has 0 radical (unpaired) electrons. The molecule has 5 heteroatoms. The van der Waals surface area contributed by atoms with Crippen LogP contribution in [0.5, 0.6) is 5.88 Å². The fraction of sp³-hybridized carbons (Fsp3) is 0.250. The fourth-order valence-corrected chi connectivity index (χ4v) is 1.40. The summed E-state index contributed by atoms with van der Waals surface area (Å²) in [6, 6.07) is 7.64. The molecule has 0 aliphatic carbocycles. The summed E-state index contributed by atoms with van der Waals surface area (Å²) < 4.78 is 4.99. The van der Waals surface area contributed by atoms with E-state index in [2.05, 4.69) is 20.5 Å². The average Bonchev–Trinajstić information content (AvgIpc) is 2.41. The standard InChI is InChI=1S/C12H14N4O/c1-17-12-5-4-10(8-14-12)7-13-9-11-3-2-6-15-16-11/h2-6,8,13H,7,9H2,1H3. The molecule has 0 aliphatic rings. The molecule has 0 saturated heterocycles. The van der Waals surface area contributed by atoms with Gasteiger partial charge in [0, 0.05) is 31.5 Å². The number of nitrogens with zero attached hydrogens (tertiary/aromatic N) is 3. The first-order valence-electron chi connectivity index (χ1n) is 5.34. The van der Waals surface area contributed by atoms with Gasteiger partial charge in [-0.25, -0.2) is 4.98 Å². The number of ether oxygens (including phenoxy) is 1. The molecule has 0 saturated carbocycles. The number of methoxy groups -OCH3 is 1. The predicted octanol–water partition coefficient (Wildman–Crippen LogP) is 1.17. The summed E-state index contributed by atoms with van der Waals surface area (Å²) in [6.45, 7) is 1.44. The van der Waals surface area contributed by atoms with Gasteiger partial charge < -0.3 is 10.1 Å². The van der Waals surface area contributed by atoms with Crippen LogP contribution in [0.15, 0.2) is 36.7 Å². The highest BCUT2D eigenvalue weighted by atomic mass is 16.5. The maximum Gasteiger partial charge on any atom is 0.212 e. The Kier molecular flexibility index (Phi) is 3.99. The van der Waals surface area contributed by atoms with E-state index in [1.54, 1.807) is 19.5 Å². The van der Waals surface area contributed by atoms with E-state index >= 15 is 0 Å². The Labute approximate surface area is 99.9 Å². The lowest BCUT2D eigenvalue weighted by molar-refractivity contribution is 0.397. The molecule has 0 unspecified atom stereocenters. The first kappa shape index (κ1) is 11.5. The summed E-state index contributed by atoms with van der Waals surface area (Å²) in [5.41, 5.74) is 2.03. The molecule has 0 aliphatic heterocycles. The Balaban J connectivity index is 1.82. The van der Waals surface area contributed by atoms with Gasteiger partial charge in [0.25, 0.3) is 0 Å². The normalized spacial score (nSPS) is 10.2. The van der Waals surface area contributed by atoms with Gasteiger partial charge in [-0.05, 0) is 17.7 Å². The quantitative estimate of drug-likeness (QED) is 0.835. The molecule has 0 amide bonds. The summed E-state index contributed by atoms with van der Waals surface area (Å²) in [5.74, 6) is 0.627. The average molecular weight is 230 g/mol. The lowest BCUT2D eigenvalue weighted by Crippen LogP contribution is -2.14. The van der Waals surface area contributed by atoms with Gasteiger partial charge in [0.2, 0.25) is 5.88 Å². The van der Waals surface area contributed by atoms with Crippen LogP contribution in [0.1, 0.15) is 11.3 Å². The third kappa shape index (κ3) is 3.49. The zero-order chi connectivity index (χ0) is 11.9. The van der Waals surface area contributed by atoms with Crippen molar-refractivity contribution in [2.45, 2.75) is 13.1 Å². The van der Waals surface area contributed by atoms with Crippen LogP contribution in [0.3, 0.4) is 0 Å². The molecule has 0 bridgehead atoms. The second-order valence-electron chi connectivity index (χ2n) is 3.53. The molecule has 2 heterocycles. The van der Waals surface area contributed by atoms with Crippen molar-refractivity contribution in [2.24, 2.45) is 0 Å². The largest absolute Gasteiger partial charge is 0.481 e. The lowest BCUT2D eigenvalue weighted by atomic mass is 10.3. The Morgan fingerprint density at radius 1 is 1.24 bits per heavy atom. The van der Waals surface area contributed by atoms with Gasteiger partial charge >= 0.3 is 0 Å². The molecule has 2 aromatic rings. The molecule has 2 aromatic heterocycles. The third-order valence-electron chi connectivity index (χ3n) is 2.27. The van der Waals surface area contributed by atoms with E-state index in [9.17, 15) is 0 Å². The molecule has 88 valence electrons. The number of pyridine rings is 1. The lowest BCUT2D eigenvalue weighted by Gasteiger charge is -2.04.